The Bertz CT molecular complexity index is 991. The zero-order valence-electron chi connectivity index (χ0n) is 15.8. The van der Waals surface area contributed by atoms with Crippen LogP contribution in [0, 0.1) is 13.8 Å². The highest BCUT2D eigenvalue weighted by atomic mass is 16.5. The van der Waals surface area contributed by atoms with Crippen molar-refractivity contribution >= 4 is 16.8 Å². The molecule has 0 spiro atoms. The van der Waals surface area contributed by atoms with Gasteiger partial charge in [-0.05, 0) is 56.0 Å². The average Bonchev–Trinajstić information content (AvgIpc) is 3.21. The topological polar surface area (TPSA) is 51.2 Å². The van der Waals surface area contributed by atoms with Gasteiger partial charge in [-0.2, -0.15) is 0 Å². The van der Waals surface area contributed by atoms with Crippen molar-refractivity contribution in [3.8, 4) is 11.3 Å². The third kappa shape index (κ3) is 3.71. The quantitative estimate of drug-likeness (QED) is 0.749. The number of hydrogen-bond donors (Lipinski definition) is 1. The molecule has 0 saturated carbocycles. The molecule has 0 radical (unpaired) electrons. The van der Waals surface area contributed by atoms with Crippen molar-refractivity contribution in [3.63, 3.8) is 0 Å². The molecule has 1 aliphatic rings. The monoisotopic (exact) mass is 360 g/mol. The normalized spacial score (nSPS) is 16.6. The maximum atomic E-state index is 12.9. The standard InChI is InChI=1S/C23H24N2O2/c1-15-9-10-17(12-16(15)2)22-13-20(19-7-3-4-8-21(19)25-22)23(26)24-14-18-6-5-11-27-18/h3-4,7-10,12-13,18H,5-6,11,14H2,1-2H3,(H,24,26)/t18-/m0/s1. The first-order valence-electron chi connectivity index (χ1n) is 9.49. The van der Waals surface area contributed by atoms with Crippen LogP contribution in [0.2, 0.25) is 0 Å². The zero-order valence-corrected chi connectivity index (χ0v) is 15.8. The minimum atomic E-state index is -0.0748. The van der Waals surface area contributed by atoms with Crippen molar-refractivity contribution in [3.05, 3.63) is 65.2 Å². The van der Waals surface area contributed by atoms with Crippen molar-refractivity contribution < 1.29 is 9.53 Å². The summed E-state index contributed by atoms with van der Waals surface area (Å²) in [6.45, 7) is 5.52. The van der Waals surface area contributed by atoms with Crippen LogP contribution in [0.15, 0.2) is 48.5 Å². The summed E-state index contributed by atoms with van der Waals surface area (Å²) in [6, 6.07) is 16.0. The first-order valence-corrected chi connectivity index (χ1v) is 9.49. The van der Waals surface area contributed by atoms with E-state index in [1.807, 2.05) is 30.3 Å². The molecule has 4 heteroatoms. The van der Waals surface area contributed by atoms with Crippen LogP contribution in [0.4, 0.5) is 0 Å². The van der Waals surface area contributed by atoms with Crippen molar-refractivity contribution in [2.75, 3.05) is 13.2 Å². The van der Waals surface area contributed by atoms with E-state index in [2.05, 4.69) is 37.4 Å². The lowest BCUT2D eigenvalue weighted by Gasteiger charge is -2.13. The molecule has 0 unspecified atom stereocenters. The Morgan fingerprint density at radius 2 is 2.00 bits per heavy atom. The van der Waals surface area contributed by atoms with Crippen LogP contribution in [0.25, 0.3) is 22.2 Å². The second kappa shape index (κ2) is 7.49. The number of hydrogen-bond acceptors (Lipinski definition) is 3. The van der Waals surface area contributed by atoms with E-state index < -0.39 is 0 Å². The number of para-hydroxylation sites is 1. The highest BCUT2D eigenvalue weighted by Crippen LogP contribution is 2.26. The number of pyridine rings is 1. The van der Waals surface area contributed by atoms with Crippen LogP contribution in [0.3, 0.4) is 0 Å². The maximum Gasteiger partial charge on any atom is 0.252 e. The molecule has 1 aromatic heterocycles. The molecule has 4 rings (SSSR count). The minimum Gasteiger partial charge on any atom is -0.376 e. The summed E-state index contributed by atoms with van der Waals surface area (Å²) in [6.07, 6.45) is 2.20. The molecule has 27 heavy (non-hydrogen) atoms. The van der Waals surface area contributed by atoms with Gasteiger partial charge in [0, 0.05) is 24.1 Å². The lowest BCUT2D eigenvalue weighted by atomic mass is 10.0. The van der Waals surface area contributed by atoms with Crippen molar-refractivity contribution in [2.24, 2.45) is 0 Å². The third-order valence-corrected chi connectivity index (χ3v) is 5.28. The van der Waals surface area contributed by atoms with Crippen LogP contribution in [0.5, 0.6) is 0 Å². The molecule has 2 heterocycles. The molecule has 3 aromatic rings. The van der Waals surface area contributed by atoms with E-state index >= 15 is 0 Å². The molecule has 1 aliphatic heterocycles. The zero-order chi connectivity index (χ0) is 18.8. The summed E-state index contributed by atoms with van der Waals surface area (Å²) < 4.78 is 5.62. The van der Waals surface area contributed by atoms with Gasteiger partial charge in [-0.15, -0.1) is 0 Å². The van der Waals surface area contributed by atoms with Gasteiger partial charge in [-0.3, -0.25) is 4.79 Å². The number of nitrogens with one attached hydrogen (secondary N) is 1. The number of aromatic nitrogens is 1. The molecule has 0 bridgehead atoms. The van der Waals surface area contributed by atoms with Gasteiger partial charge < -0.3 is 10.1 Å². The first kappa shape index (κ1) is 17.7. The van der Waals surface area contributed by atoms with Gasteiger partial charge >= 0.3 is 0 Å². The van der Waals surface area contributed by atoms with Crippen LogP contribution in [0.1, 0.15) is 34.3 Å². The Morgan fingerprint density at radius 1 is 1.15 bits per heavy atom. The third-order valence-electron chi connectivity index (χ3n) is 5.28. The molecule has 1 atom stereocenters. The molecule has 2 aromatic carbocycles. The molecular weight excluding hydrogens is 336 g/mol. The molecule has 1 N–H and O–H groups in total. The number of benzene rings is 2. The Morgan fingerprint density at radius 3 is 2.78 bits per heavy atom. The molecule has 1 saturated heterocycles. The fraction of sp³-hybridized carbons (Fsp3) is 0.304. The number of ether oxygens (including phenoxy) is 1. The summed E-state index contributed by atoms with van der Waals surface area (Å²) in [7, 11) is 0. The highest BCUT2D eigenvalue weighted by Gasteiger charge is 2.18. The van der Waals surface area contributed by atoms with Crippen molar-refractivity contribution in [1.29, 1.82) is 0 Å². The van der Waals surface area contributed by atoms with Crippen molar-refractivity contribution in [1.82, 2.24) is 10.3 Å². The summed E-state index contributed by atoms with van der Waals surface area (Å²) >= 11 is 0. The van der Waals surface area contributed by atoms with Crippen LogP contribution < -0.4 is 5.32 Å². The number of rotatable bonds is 4. The van der Waals surface area contributed by atoms with Gasteiger partial charge in [-0.1, -0.05) is 30.3 Å². The van der Waals surface area contributed by atoms with Gasteiger partial charge in [0.2, 0.25) is 0 Å². The Kier molecular flexibility index (Phi) is 4.90. The number of nitrogens with zero attached hydrogens (tertiary/aromatic N) is 1. The number of amides is 1. The van der Waals surface area contributed by atoms with E-state index in [1.54, 1.807) is 0 Å². The summed E-state index contributed by atoms with van der Waals surface area (Å²) in [5, 5.41) is 3.91. The molecule has 1 fully saturated rings. The Hall–Kier alpha value is -2.72. The van der Waals surface area contributed by atoms with Crippen LogP contribution in [-0.2, 0) is 4.74 Å². The number of carbonyl (C=O) groups is 1. The maximum absolute atomic E-state index is 12.9. The van der Waals surface area contributed by atoms with Gasteiger partial charge in [-0.25, -0.2) is 4.98 Å². The molecule has 1 amide bonds. The fourth-order valence-corrected chi connectivity index (χ4v) is 3.52. The lowest BCUT2D eigenvalue weighted by Crippen LogP contribution is -2.31. The fourth-order valence-electron chi connectivity index (χ4n) is 3.52. The molecule has 138 valence electrons. The summed E-state index contributed by atoms with van der Waals surface area (Å²) in [4.78, 5) is 17.7. The predicted molar refractivity (Wildman–Crippen MR) is 108 cm³/mol. The molecule has 0 aliphatic carbocycles. The predicted octanol–water partition coefficient (Wildman–Crippen LogP) is 4.43. The van der Waals surface area contributed by atoms with Gasteiger partial charge in [0.05, 0.1) is 22.9 Å². The number of aryl methyl sites for hydroxylation is 2. The van der Waals surface area contributed by atoms with E-state index in [0.717, 1.165) is 41.6 Å². The van der Waals surface area contributed by atoms with Crippen LogP contribution in [-0.4, -0.2) is 30.1 Å². The van der Waals surface area contributed by atoms with Crippen molar-refractivity contribution in [2.45, 2.75) is 32.8 Å². The second-order valence-electron chi connectivity index (χ2n) is 7.22. The Labute approximate surface area is 159 Å². The average molecular weight is 360 g/mol. The molecular formula is C23H24N2O2. The van der Waals surface area contributed by atoms with Gasteiger partial charge in [0.25, 0.3) is 5.91 Å². The first-order chi connectivity index (χ1) is 13.1. The van der Waals surface area contributed by atoms with E-state index in [0.29, 0.717) is 12.1 Å². The minimum absolute atomic E-state index is 0.0748. The molecule has 4 nitrogen and oxygen atoms in total. The van der Waals surface area contributed by atoms with Crippen LogP contribution >= 0.6 is 0 Å². The largest absolute Gasteiger partial charge is 0.376 e. The van der Waals surface area contributed by atoms with E-state index in [4.69, 9.17) is 9.72 Å². The smallest absolute Gasteiger partial charge is 0.252 e. The van der Waals surface area contributed by atoms with E-state index in [-0.39, 0.29) is 12.0 Å². The summed E-state index contributed by atoms with van der Waals surface area (Å²) in [5.74, 6) is -0.0748. The Balaban J connectivity index is 1.71. The van der Waals surface area contributed by atoms with Gasteiger partial charge in [0.15, 0.2) is 0 Å². The highest BCUT2D eigenvalue weighted by molar-refractivity contribution is 6.07. The number of carbonyl (C=O) groups excluding carboxylic acids is 1. The second-order valence-corrected chi connectivity index (χ2v) is 7.22. The lowest BCUT2D eigenvalue weighted by molar-refractivity contribution is 0.0859. The SMILES string of the molecule is Cc1ccc(-c2cc(C(=O)NC[C@@H]3CCCO3)c3ccccc3n2)cc1C. The van der Waals surface area contributed by atoms with E-state index in [9.17, 15) is 4.79 Å². The van der Waals surface area contributed by atoms with E-state index in [1.165, 1.54) is 11.1 Å². The summed E-state index contributed by atoms with van der Waals surface area (Å²) in [5.41, 5.74) is 5.79. The van der Waals surface area contributed by atoms with Gasteiger partial charge in [0.1, 0.15) is 0 Å². The number of fused-ring (bicyclic) bond motifs is 1.